The molecule has 0 saturated heterocycles. The van der Waals surface area contributed by atoms with E-state index in [0.29, 0.717) is 6.61 Å². The molecule has 128 valence electrons. The van der Waals surface area contributed by atoms with Gasteiger partial charge in [0.2, 0.25) is 15.0 Å². The molecule has 1 atom stereocenters. The van der Waals surface area contributed by atoms with Crippen molar-refractivity contribution < 1.29 is 17.9 Å². The molecule has 2 N–H and O–H groups in total. The van der Waals surface area contributed by atoms with E-state index in [1.807, 2.05) is 31.2 Å². The first-order chi connectivity index (χ1) is 11.4. The van der Waals surface area contributed by atoms with Crippen LogP contribution in [-0.2, 0) is 14.8 Å². The van der Waals surface area contributed by atoms with E-state index in [0.717, 1.165) is 23.3 Å². The molecule has 0 radical (unpaired) electrons. The molecule has 0 saturated carbocycles. The number of sulfonamides is 1. The van der Waals surface area contributed by atoms with Crippen LogP contribution >= 0.6 is 0 Å². The molecule has 1 aliphatic rings. The number of nitrogens with two attached hydrogens (primary N) is 1. The van der Waals surface area contributed by atoms with Crippen molar-refractivity contribution >= 4 is 15.6 Å². The smallest absolute Gasteiger partial charge is 0.243 e. The zero-order valence-electron chi connectivity index (χ0n) is 13.6. The number of allylic oxidation sites excluding steroid dienone is 2. The van der Waals surface area contributed by atoms with Gasteiger partial charge < -0.3 is 9.47 Å². The van der Waals surface area contributed by atoms with E-state index in [9.17, 15) is 8.42 Å². The molecule has 5 nitrogen and oxygen atoms in total. The first-order valence-corrected chi connectivity index (χ1v) is 9.19. The van der Waals surface area contributed by atoms with Gasteiger partial charge in [0.1, 0.15) is 12.4 Å². The fraction of sp³-hybridized carbons (Fsp3) is 0.333. The van der Waals surface area contributed by atoms with Crippen LogP contribution in [0.3, 0.4) is 0 Å². The van der Waals surface area contributed by atoms with Crippen LogP contribution in [0.15, 0.2) is 42.5 Å². The van der Waals surface area contributed by atoms with Gasteiger partial charge in [0, 0.05) is 12.0 Å². The van der Waals surface area contributed by atoms with Crippen molar-refractivity contribution in [1.82, 2.24) is 0 Å². The maximum atomic E-state index is 11.9. The summed E-state index contributed by atoms with van der Waals surface area (Å²) in [6.45, 7) is 2.51. The Morgan fingerprint density at radius 1 is 1.38 bits per heavy atom. The van der Waals surface area contributed by atoms with Crippen molar-refractivity contribution in [3.63, 3.8) is 0 Å². The Morgan fingerprint density at radius 2 is 2.12 bits per heavy atom. The van der Waals surface area contributed by atoms with E-state index < -0.39 is 15.0 Å². The lowest BCUT2D eigenvalue weighted by atomic mass is 9.97. The van der Waals surface area contributed by atoms with E-state index in [4.69, 9.17) is 21.0 Å². The average Bonchev–Trinajstić information content (AvgIpc) is 2.58. The van der Waals surface area contributed by atoms with Gasteiger partial charge in [-0.3, -0.25) is 0 Å². The SMILES string of the molecule is C#CCOC1(S(N)(=O)=O)C=CC(c2ccccc2OCCC)=CC1. The minimum absolute atomic E-state index is 0.0848. The predicted molar refractivity (Wildman–Crippen MR) is 94.6 cm³/mol. The maximum absolute atomic E-state index is 11.9. The number of ether oxygens (including phenoxy) is 2. The van der Waals surface area contributed by atoms with E-state index in [2.05, 4.69) is 5.92 Å². The van der Waals surface area contributed by atoms with Crippen molar-refractivity contribution in [1.29, 1.82) is 0 Å². The number of para-hydroxylation sites is 1. The number of primary sulfonamides is 1. The Balaban J connectivity index is 2.31. The number of hydrogen-bond donors (Lipinski definition) is 1. The van der Waals surface area contributed by atoms with Gasteiger partial charge in [-0.2, -0.15) is 0 Å². The highest BCUT2D eigenvalue weighted by Crippen LogP contribution is 2.35. The highest BCUT2D eigenvalue weighted by molar-refractivity contribution is 7.90. The summed E-state index contributed by atoms with van der Waals surface area (Å²) in [5.41, 5.74) is 1.74. The molecule has 1 unspecified atom stereocenters. The fourth-order valence-corrected chi connectivity index (χ4v) is 3.21. The van der Waals surface area contributed by atoms with Crippen LogP contribution in [0, 0.1) is 12.3 Å². The number of hydrogen-bond acceptors (Lipinski definition) is 4. The van der Waals surface area contributed by atoms with Crippen molar-refractivity contribution in [2.24, 2.45) is 5.14 Å². The fourth-order valence-electron chi connectivity index (χ4n) is 2.41. The van der Waals surface area contributed by atoms with Gasteiger partial charge in [0.15, 0.2) is 0 Å². The standard InChI is InChI=1S/C18H21NO4S/c1-3-13-22-17-8-6-5-7-16(17)15-9-11-18(12-10-15,23-14-4-2)24(19,20)21/h2,5-11H,3,12-14H2,1H3,(H2,19,20,21). The molecule has 0 amide bonds. The second-order valence-corrected chi connectivity index (χ2v) is 7.17. The summed E-state index contributed by atoms with van der Waals surface area (Å²) >= 11 is 0. The molecule has 2 rings (SSSR count). The summed E-state index contributed by atoms with van der Waals surface area (Å²) in [5, 5.41) is 5.34. The largest absolute Gasteiger partial charge is 0.493 e. The van der Waals surface area contributed by atoms with Gasteiger partial charge in [-0.15, -0.1) is 6.42 Å². The van der Waals surface area contributed by atoms with E-state index in [-0.39, 0.29) is 13.0 Å². The van der Waals surface area contributed by atoms with Crippen LogP contribution in [0.25, 0.3) is 5.57 Å². The molecule has 1 aromatic carbocycles. The number of terminal acetylenes is 1. The highest BCUT2D eigenvalue weighted by atomic mass is 32.2. The Kier molecular flexibility index (Phi) is 5.84. The van der Waals surface area contributed by atoms with E-state index >= 15 is 0 Å². The van der Waals surface area contributed by atoms with Gasteiger partial charge in [0.05, 0.1) is 6.61 Å². The normalized spacial score (nSPS) is 20.3. The molecular formula is C18H21NO4S. The van der Waals surface area contributed by atoms with E-state index in [1.165, 1.54) is 6.08 Å². The third kappa shape index (κ3) is 3.88. The maximum Gasteiger partial charge on any atom is 0.243 e. The zero-order valence-corrected chi connectivity index (χ0v) is 14.4. The summed E-state index contributed by atoms with van der Waals surface area (Å²) < 4.78 is 35.0. The van der Waals surface area contributed by atoms with Crippen molar-refractivity contribution in [2.75, 3.05) is 13.2 Å². The average molecular weight is 347 g/mol. The van der Waals surface area contributed by atoms with Gasteiger partial charge in [0.25, 0.3) is 0 Å². The Labute approximate surface area is 143 Å². The first kappa shape index (κ1) is 18.3. The third-order valence-corrected chi connectivity index (χ3v) is 5.05. The van der Waals surface area contributed by atoms with Crippen LogP contribution in [0.2, 0.25) is 0 Å². The van der Waals surface area contributed by atoms with Crippen molar-refractivity contribution in [2.45, 2.75) is 24.7 Å². The lowest BCUT2D eigenvalue weighted by Gasteiger charge is -2.29. The number of rotatable bonds is 7. The summed E-state index contributed by atoms with van der Waals surface area (Å²) in [6, 6.07) is 7.61. The first-order valence-electron chi connectivity index (χ1n) is 7.65. The summed E-state index contributed by atoms with van der Waals surface area (Å²) in [7, 11) is -3.97. The van der Waals surface area contributed by atoms with Crippen molar-refractivity contribution in [3.8, 4) is 18.1 Å². The minimum atomic E-state index is -3.97. The molecule has 0 fully saturated rings. The Bertz CT molecular complexity index is 789. The van der Waals surface area contributed by atoms with Crippen molar-refractivity contribution in [3.05, 3.63) is 48.1 Å². The lowest BCUT2D eigenvalue weighted by Crippen LogP contribution is -2.44. The van der Waals surface area contributed by atoms with Crippen LogP contribution < -0.4 is 9.88 Å². The van der Waals surface area contributed by atoms with Gasteiger partial charge in [-0.25, -0.2) is 13.6 Å². The minimum Gasteiger partial charge on any atom is -0.493 e. The highest BCUT2D eigenvalue weighted by Gasteiger charge is 2.41. The zero-order chi connectivity index (χ0) is 17.6. The summed E-state index contributed by atoms with van der Waals surface area (Å²) in [6.07, 6.45) is 11.1. The molecule has 24 heavy (non-hydrogen) atoms. The monoisotopic (exact) mass is 347 g/mol. The number of benzene rings is 1. The molecule has 1 aliphatic carbocycles. The summed E-state index contributed by atoms with van der Waals surface area (Å²) in [4.78, 5) is -1.62. The predicted octanol–water partition coefficient (Wildman–Crippen LogP) is 2.45. The molecule has 0 heterocycles. The Morgan fingerprint density at radius 3 is 2.71 bits per heavy atom. The van der Waals surface area contributed by atoms with Gasteiger partial charge in [-0.1, -0.05) is 43.2 Å². The second-order valence-electron chi connectivity index (χ2n) is 5.39. The molecule has 1 aromatic rings. The van der Waals surface area contributed by atoms with Crippen LogP contribution in [-0.4, -0.2) is 26.6 Å². The topological polar surface area (TPSA) is 78.6 Å². The van der Waals surface area contributed by atoms with Gasteiger partial charge in [-0.05, 0) is 24.1 Å². The van der Waals surface area contributed by atoms with E-state index in [1.54, 1.807) is 12.2 Å². The molecule has 6 heteroatoms. The van der Waals surface area contributed by atoms with Crippen LogP contribution in [0.1, 0.15) is 25.3 Å². The molecule has 0 bridgehead atoms. The molecule has 0 spiro atoms. The molecule has 0 aromatic heterocycles. The Hall–Kier alpha value is -2.07. The molecule has 0 aliphatic heterocycles. The van der Waals surface area contributed by atoms with Crippen LogP contribution in [0.4, 0.5) is 0 Å². The summed E-state index contributed by atoms with van der Waals surface area (Å²) in [5.74, 6) is 3.02. The molecular weight excluding hydrogens is 326 g/mol. The quantitative estimate of drug-likeness (QED) is 0.769. The van der Waals surface area contributed by atoms with Crippen LogP contribution in [0.5, 0.6) is 5.75 Å². The van der Waals surface area contributed by atoms with Gasteiger partial charge >= 0.3 is 0 Å². The second kappa shape index (κ2) is 7.67. The third-order valence-electron chi connectivity index (χ3n) is 3.66. The lowest BCUT2D eigenvalue weighted by molar-refractivity contribution is 0.0781.